The topological polar surface area (TPSA) is 283 Å². The van der Waals surface area contributed by atoms with Gasteiger partial charge in [0.15, 0.2) is 0 Å². The fourth-order valence-electron chi connectivity index (χ4n) is 15.5. The summed E-state index contributed by atoms with van der Waals surface area (Å²) in [6, 6.07) is 72.8. The summed E-state index contributed by atoms with van der Waals surface area (Å²) in [6.45, 7) is 40.0. The lowest BCUT2D eigenvalue weighted by molar-refractivity contribution is -0.288. The molecule has 20 heteroatoms. The number of hydrogen-bond donors (Lipinski definition) is 14. The van der Waals surface area contributed by atoms with E-state index in [2.05, 4.69) is 55.4 Å². The van der Waals surface area contributed by atoms with Crippen LogP contribution < -0.4 is 0 Å². The smallest absolute Gasteiger partial charge is 0.411 e. The molecule has 0 fully saturated rings. The summed E-state index contributed by atoms with van der Waals surface area (Å²) in [5.41, 5.74) is 16.8. The van der Waals surface area contributed by atoms with Gasteiger partial charge in [-0.2, -0.15) is 26.3 Å². The lowest BCUT2D eigenvalue weighted by Gasteiger charge is -2.38. The van der Waals surface area contributed by atoms with Gasteiger partial charge in [0.1, 0.15) is 80.5 Å². The summed E-state index contributed by atoms with van der Waals surface area (Å²) in [7, 11) is 0. The van der Waals surface area contributed by atoms with Crippen molar-refractivity contribution in [3.8, 4) is 103 Å². The Labute approximate surface area is 770 Å². The molecule has 14 nitrogen and oxygen atoms in total. The molecule has 0 aromatic heterocycles. The fourth-order valence-corrected chi connectivity index (χ4v) is 15.5. The molecule has 694 valence electrons. The van der Waals surface area contributed by atoms with Gasteiger partial charge >= 0.3 is 12.4 Å². The number of aryl methyl sites for hydroxylation is 12. The molecule has 0 aliphatic heterocycles. The largest absolute Gasteiger partial charge is 0.508 e. The van der Waals surface area contributed by atoms with Crippen LogP contribution in [-0.4, -0.2) is 83.8 Å². The second-order valence-electron chi connectivity index (χ2n) is 35.4. The third-order valence-electron chi connectivity index (χ3n) is 24.6. The molecule has 0 saturated carbocycles. The first-order valence-corrected chi connectivity index (χ1v) is 42.8. The van der Waals surface area contributed by atoms with Crippen LogP contribution in [0.5, 0.6) is 80.5 Å². The van der Waals surface area contributed by atoms with Gasteiger partial charge in [-0.1, -0.05) is 189 Å². The maximum absolute atomic E-state index is 13.6. The van der Waals surface area contributed by atoms with E-state index in [4.69, 9.17) is 10.2 Å². The number of rotatable bonds is 13. The summed E-state index contributed by atoms with van der Waals surface area (Å²) in [6.07, 6.45) is -10.4. The molecule has 14 rings (SSSR count). The highest BCUT2D eigenvalue weighted by molar-refractivity contribution is 5.71. The van der Waals surface area contributed by atoms with E-state index < -0.39 is 40.4 Å². The lowest BCUT2D eigenvalue weighted by atomic mass is 9.73. The minimum absolute atomic E-state index is 0.110. The molecule has 0 unspecified atom stereocenters. The summed E-state index contributed by atoms with van der Waals surface area (Å²) in [5.74, 6) is 2.88. The predicted molar refractivity (Wildman–Crippen MR) is 514 cm³/mol. The molecule has 0 aliphatic rings. The second-order valence-corrected chi connectivity index (χ2v) is 35.4. The number of halogens is 6. The average Bonchev–Trinajstić information content (AvgIpc) is 0.714. The quantitative estimate of drug-likeness (QED) is 0.0478. The molecular weight excluding hydrogens is 1680 g/mol. The van der Waals surface area contributed by atoms with Crippen molar-refractivity contribution in [2.75, 3.05) is 0 Å². The van der Waals surface area contributed by atoms with Gasteiger partial charge in [-0.3, -0.25) is 0 Å². The molecule has 0 bridgehead atoms. The Morgan fingerprint density at radius 1 is 0.189 bits per heavy atom. The van der Waals surface area contributed by atoms with Crippen molar-refractivity contribution in [2.45, 2.75) is 184 Å². The standard InChI is InChI=1S/C19H24O2.C17H20O2.2C16H18O2.C15H10F6O2.C15H16O2.C14H14O2/c1-11-7-15(8-12(2)17(11)20)19(5,6)16-9-13(3)18(21)14(4)10-16;1-11-9-13(5-7-15(11)18)17(3,4)14-6-8-16(19)12(2)10-14;1-9-5-13(6-10(2)15(9)17)14-7-11(3)16(18)12(4)8-14;1-3-16(2,12-4-8-14(17)9-5-12)13-6-10-15(18)11-7-13;16-14(17,18)13(15(19,20)21,9-1-5-11(22)6-2-9)10-3-7-12(23)8-4-10;1-15(2,11-3-7-13(16)8-4-11)12-5-9-14(17)10-6-12;1-9-7-11(3-5-13(9)15)12-4-6-14(16)10(2)8-12/h7-10,20-21H,1-6H3;5-10,18-19H,1-4H3;5-8,17-18H,1-4H3;4-11,17-18H,3H2,1-2H3;1-8,22-23H;3-10,16-17H,1-2H3;3-8,15-16H,1-2H3. The van der Waals surface area contributed by atoms with E-state index >= 15 is 0 Å². The fraction of sp³-hybridized carbons (Fsp3) is 0.250. The molecule has 0 atom stereocenters. The molecule has 0 aliphatic carbocycles. The van der Waals surface area contributed by atoms with Crippen molar-refractivity contribution in [3.63, 3.8) is 0 Å². The molecule has 14 N–H and O–H groups in total. The van der Waals surface area contributed by atoms with E-state index in [9.17, 15) is 87.6 Å². The molecular formula is C112H120F6O14. The first-order chi connectivity index (χ1) is 61.5. The van der Waals surface area contributed by atoms with E-state index in [1.54, 1.807) is 72.8 Å². The van der Waals surface area contributed by atoms with Gasteiger partial charge in [0, 0.05) is 21.7 Å². The maximum Gasteiger partial charge on any atom is 0.411 e. The first kappa shape index (κ1) is 103. The summed E-state index contributed by atoms with van der Waals surface area (Å²) in [5, 5.41) is 133. The highest BCUT2D eigenvalue weighted by atomic mass is 19.4. The van der Waals surface area contributed by atoms with Crippen LogP contribution in [-0.2, 0) is 27.1 Å². The van der Waals surface area contributed by atoms with Crippen LogP contribution in [0.2, 0.25) is 0 Å². The number of alkyl halides is 6. The van der Waals surface area contributed by atoms with Crippen LogP contribution in [0, 0.1) is 83.1 Å². The van der Waals surface area contributed by atoms with Crippen LogP contribution in [0.25, 0.3) is 22.3 Å². The summed E-state index contributed by atoms with van der Waals surface area (Å²) >= 11 is 0. The van der Waals surface area contributed by atoms with E-state index in [1.807, 2.05) is 229 Å². The van der Waals surface area contributed by atoms with Gasteiger partial charge < -0.3 is 71.5 Å². The number of hydrogen-bond acceptors (Lipinski definition) is 14. The van der Waals surface area contributed by atoms with Gasteiger partial charge in [-0.05, 0) is 368 Å². The van der Waals surface area contributed by atoms with Crippen molar-refractivity contribution >= 4 is 0 Å². The molecule has 132 heavy (non-hydrogen) atoms. The molecule has 0 saturated heterocycles. The zero-order valence-electron chi connectivity index (χ0n) is 78.1. The van der Waals surface area contributed by atoms with E-state index in [-0.39, 0.29) is 44.7 Å². The zero-order chi connectivity index (χ0) is 98.4. The maximum atomic E-state index is 13.6. The monoisotopic (exact) mass is 1800 g/mol. The highest BCUT2D eigenvalue weighted by Gasteiger charge is 2.72. The van der Waals surface area contributed by atoms with E-state index in [0.29, 0.717) is 70.3 Å². The Kier molecular flexibility index (Phi) is 33.0. The lowest BCUT2D eigenvalue weighted by Crippen LogP contribution is -2.54. The molecule has 14 aromatic carbocycles. The van der Waals surface area contributed by atoms with E-state index in [1.165, 1.54) is 11.1 Å². The SMILES string of the molecule is CC(C)(c1ccc(O)cc1)c1ccc(O)cc1.CCC(C)(c1ccc(O)cc1)c1ccc(O)cc1.Cc1cc(-c2cc(C)c(O)c(C)c2)cc(C)c1O.Cc1cc(-c2ccc(O)c(C)c2)ccc1O.Cc1cc(C(C)(C)c2cc(C)c(O)c(C)c2)cc(C)c1O.Cc1cc(C(C)(C)c2ccc(O)c(C)c2)ccc1O.Oc1ccc(C(c2ccc(O)cc2)(C(F)(F)F)C(F)(F)F)cc1. The van der Waals surface area contributed by atoms with Gasteiger partial charge in [-0.15, -0.1) is 0 Å². The van der Waals surface area contributed by atoms with E-state index in [0.717, 1.165) is 153 Å². The zero-order valence-corrected chi connectivity index (χ0v) is 78.1. The van der Waals surface area contributed by atoms with Crippen molar-refractivity contribution in [1.29, 1.82) is 0 Å². The van der Waals surface area contributed by atoms with Gasteiger partial charge in [-0.25, -0.2) is 0 Å². The number of phenols is 14. The molecule has 0 radical (unpaired) electrons. The Hall–Kier alpha value is -14.1. The first-order valence-electron chi connectivity index (χ1n) is 42.8. The third-order valence-corrected chi connectivity index (χ3v) is 24.6. The number of benzene rings is 14. The van der Waals surface area contributed by atoms with Crippen LogP contribution >= 0.6 is 0 Å². The molecule has 0 amide bonds. The average molecular weight is 1800 g/mol. The van der Waals surface area contributed by atoms with Gasteiger partial charge in [0.25, 0.3) is 0 Å². The minimum atomic E-state index is -5.70. The van der Waals surface area contributed by atoms with Gasteiger partial charge in [0.05, 0.1) is 0 Å². The van der Waals surface area contributed by atoms with Crippen LogP contribution in [0.15, 0.2) is 267 Å². The Morgan fingerprint density at radius 2 is 0.364 bits per heavy atom. The summed E-state index contributed by atoms with van der Waals surface area (Å²) in [4.78, 5) is 0. The van der Waals surface area contributed by atoms with Gasteiger partial charge in [0.2, 0.25) is 5.41 Å². The number of phenolic OH excluding ortho intramolecular Hbond substituents is 14. The Balaban J connectivity index is 0.000000190. The predicted octanol–water partition coefficient (Wildman–Crippen LogP) is 27.8. The Bertz CT molecular complexity index is 5830. The van der Waals surface area contributed by atoms with Crippen molar-refractivity contribution in [1.82, 2.24) is 0 Å². The number of aromatic hydroxyl groups is 14. The molecule has 0 spiro atoms. The Morgan fingerprint density at radius 3 is 0.583 bits per heavy atom. The van der Waals surface area contributed by atoms with Crippen molar-refractivity contribution < 1.29 is 97.8 Å². The summed E-state index contributed by atoms with van der Waals surface area (Å²) < 4.78 is 81.6. The minimum Gasteiger partial charge on any atom is -0.508 e. The van der Waals surface area contributed by atoms with Crippen LogP contribution in [0.3, 0.4) is 0 Å². The molecule has 14 aromatic rings. The van der Waals surface area contributed by atoms with Crippen molar-refractivity contribution in [3.05, 3.63) is 389 Å². The normalized spacial score (nSPS) is 11.6. The van der Waals surface area contributed by atoms with Crippen molar-refractivity contribution in [2.24, 2.45) is 0 Å². The third kappa shape index (κ3) is 24.3. The molecule has 0 heterocycles. The second kappa shape index (κ2) is 42.2. The van der Waals surface area contributed by atoms with Crippen LogP contribution in [0.1, 0.15) is 184 Å². The highest BCUT2D eigenvalue weighted by Crippen LogP contribution is 2.57. The van der Waals surface area contributed by atoms with Crippen LogP contribution in [0.4, 0.5) is 26.3 Å².